The maximum atomic E-state index is 11.6. The minimum atomic E-state index is -0.384. The highest BCUT2D eigenvalue weighted by atomic mass is 79.9. The van der Waals surface area contributed by atoms with E-state index < -0.39 is 0 Å². The lowest BCUT2D eigenvalue weighted by Crippen LogP contribution is -2.28. The molecule has 0 bridgehead atoms. The molecule has 0 spiro atoms. The Balaban J connectivity index is 1.72. The molecule has 1 N–H and O–H groups in total. The van der Waals surface area contributed by atoms with Crippen molar-refractivity contribution in [3.63, 3.8) is 0 Å². The summed E-state index contributed by atoms with van der Waals surface area (Å²) in [7, 11) is 0. The van der Waals surface area contributed by atoms with Gasteiger partial charge in [0.15, 0.2) is 6.61 Å². The van der Waals surface area contributed by atoms with E-state index in [-0.39, 0.29) is 12.5 Å². The maximum Gasteiger partial charge on any atom is 0.281 e. The van der Waals surface area contributed by atoms with Gasteiger partial charge in [-0.1, -0.05) is 57.9 Å². The van der Waals surface area contributed by atoms with Crippen LogP contribution in [0, 0.1) is 0 Å². The first-order valence-corrected chi connectivity index (χ1v) is 7.34. The normalized spacial score (nSPS) is 10.2. The zero-order valence-electron chi connectivity index (χ0n) is 11.0. The van der Waals surface area contributed by atoms with Gasteiger partial charge in [-0.15, -0.1) is 0 Å². The van der Waals surface area contributed by atoms with E-state index in [0.717, 1.165) is 10.0 Å². The van der Waals surface area contributed by atoms with Gasteiger partial charge in [-0.2, -0.15) is 0 Å². The molecule has 0 saturated heterocycles. The van der Waals surface area contributed by atoms with Crippen molar-refractivity contribution in [2.24, 2.45) is 0 Å². The van der Waals surface area contributed by atoms with Crippen molar-refractivity contribution in [2.75, 3.05) is 6.61 Å². The molecule has 0 unspecified atom stereocenters. The highest BCUT2D eigenvalue weighted by Crippen LogP contribution is 2.27. The number of nitrogens with one attached hydrogen (secondary N) is 1. The Morgan fingerprint density at radius 1 is 1.19 bits per heavy atom. The van der Waals surface area contributed by atoms with Crippen molar-refractivity contribution in [3.8, 4) is 5.75 Å². The van der Waals surface area contributed by atoms with Crippen molar-refractivity contribution >= 4 is 33.4 Å². The molecule has 1 amide bonds. The van der Waals surface area contributed by atoms with Crippen LogP contribution in [0.15, 0.2) is 53.0 Å². The first-order valence-electron chi connectivity index (χ1n) is 6.17. The fourth-order valence-corrected chi connectivity index (χ4v) is 2.27. The van der Waals surface area contributed by atoms with Gasteiger partial charge in [-0.05, 0) is 23.8 Å². The van der Waals surface area contributed by atoms with Gasteiger partial charge < -0.3 is 4.74 Å². The summed E-state index contributed by atoms with van der Waals surface area (Å²) in [6.45, 7) is 0.127. The number of halogens is 2. The van der Waals surface area contributed by atoms with Crippen molar-refractivity contribution in [3.05, 3.63) is 63.6 Å². The molecular weight excluding hydrogens is 358 g/mol. The highest BCUT2D eigenvalue weighted by molar-refractivity contribution is 9.10. The zero-order valence-corrected chi connectivity index (χ0v) is 13.4. The second kappa shape index (κ2) is 8.02. The lowest BCUT2D eigenvalue weighted by molar-refractivity contribution is -0.136. The summed E-state index contributed by atoms with van der Waals surface area (Å²) in [5.74, 6) is 0.0583. The van der Waals surface area contributed by atoms with Gasteiger partial charge >= 0.3 is 0 Å². The molecule has 2 rings (SSSR count). The average Bonchev–Trinajstić information content (AvgIpc) is 2.47. The van der Waals surface area contributed by atoms with Crippen LogP contribution in [0.4, 0.5) is 0 Å². The Morgan fingerprint density at radius 3 is 2.67 bits per heavy atom. The Morgan fingerprint density at radius 2 is 1.95 bits per heavy atom. The van der Waals surface area contributed by atoms with E-state index in [0.29, 0.717) is 17.4 Å². The monoisotopic (exact) mass is 369 g/mol. The standard InChI is InChI=1S/C15H13BrClNO3/c16-12-6-7-14(13(17)8-12)20-10-15(19)18-21-9-11-4-2-1-3-5-11/h1-8H,9-10H2,(H,18,19). The minimum absolute atomic E-state index is 0.170. The van der Waals surface area contributed by atoms with Crippen LogP contribution >= 0.6 is 27.5 Å². The van der Waals surface area contributed by atoms with Crippen LogP contribution in [-0.4, -0.2) is 12.5 Å². The molecular formula is C15H13BrClNO3. The van der Waals surface area contributed by atoms with E-state index in [1.165, 1.54) is 0 Å². The van der Waals surface area contributed by atoms with Crippen molar-refractivity contribution < 1.29 is 14.4 Å². The van der Waals surface area contributed by atoms with Crippen LogP contribution in [0.2, 0.25) is 5.02 Å². The number of carbonyl (C=O) groups excluding carboxylic acids is 1. The van der Waals surface area contributed by atoms with Gasteiger partial charge in [0.05, 0.1) is 11.6 Å². The molecule has 0 atom stereocenters. The number of amides is 1. The number of hydrogen-bond acceptors (Lipinski definition) is 3. The Bertz CT molecular complexity index is 607. The number of carbonyl (C=O) groups is 1. The van der Waals surface area contributed by atoms with Crippen molar-refractivity contribution in [2.45, 2.75) is 6.61 Å². The molecule has 0 aromatic heterocycles. The summed E-state index contributed by atoms with van der Waals surface area (Å²) in [5, 5.41) is 0.433. The van der Waals surface area contributed by atoms with Crippen LogP contribution in [0.3, 0.4) is 0 Å². The SMILES string of the molecule is O=C(COc1ccc(Br)cc1Cl)NOCc1ccccc1. The summed E-state index contributed by atoms with van der Waals surface area (Å²) in [6, 6.07) is 14.7. The molecule has 0 aliphatic carbocycles. The van der Waals surface area contributed by atoms with Gasteiger partial charge in [0.1, 0.15) is 5.75 Å². The molecule has 110 valence electrons. The topological polar surface area (TPSA) is 47.6 Å². The highest BCUT2D eigenvalue weighted by Gasteiger charge is 2.06. The molecule has 2 aromatic carbocycles. The molecule has 0 heterocycles. The Kier molecular flexibility index (Phi) is 6.04. The molecule has 0 saturated carbocycles. The number of hydroxylamine groups is 1. The summed E-state index contributed by atoms with van der Waals surface area (Å²) in [5.41, 5.74) is 3.28. The fraction of sp³-hybridized carbons (Fsp3) is 0.133. The molecule has 2 aromatic rings. The predicted octanol–water partition coefficient (Wildman–Crippen LogP) is 3.73. The van der Waals surface area contributed by atoms with Crippen molar-refractivity contribution in [1.82, 2.24) is 5.48 Å². The van der Waals surface area contributed by atoms with E-state index in [1.54, 1.807) is 18.2 Å². The van der Waals surface area contributed by atoms with Crippen LogP contribution in [0.1, 0.15) is 5.56 Å². The van der Waals surface area contributed by atoms with E-state index in [9.17, 15) is 4.79 Å². The Labute approximate surface area is 136 Å². The maximum absolute atomic E-state index is 11.6. The van der Waals surface area contributed by atoms with Gasteiger partial charge in [0.2, 0.25) is 0 Å². The summed E-state index contributed by atoms with van der Waals surface area (Å²) in [4.78, 5) is 16.7. The van der Waals surface area contributed by atoms with Gasteiger partial charge in [-0.25, -0.2) is 5.48 Å². The third-order valence-corrected chi connectivity index (χ3v) is 3.31. The second-order valence-electron chi connectivity index (χ2n) is 4.16. The first-order chi connectivity index (χ1) is 10.1. The summed E-state index contributed by atoms with van der Waals surface area (Å²) < 4.78 is 6.15. The molecule has 4 nitrogen and oxygen atoms in total. The lowest BCUT2D eigenvalue weighted by atomic mass is 10.2. The smallest absolute Gasteiger partial charge is 0.281 e. The van der Waals surface area contributed by atoms with Crippen LogP contribution in [0.25, 0.3) is 0 Å². The molecule has 0 aliphatic rings. The quantitative estimate of drug-likeness (QED) is 0.788. The van der Waals surface area contributed by atoms with E-state index in [1.807, 2.05) is 30.3 Å². The molecule has 0 radical (unpaired) electrons. The van der Waals surface area contributed by atoms with Crippen LogP contribution in [-0.2, 0) is 16.2 Å². The third kappa shape index (κ3) is 5.38. The minimum Gasteiger partial charge on any atom is -0.482 e. The number of benzene rings is 2. The van der Waals surface area contributed by atoms with Gasteiger partial charge in [-0.3, -0.25) is 9.63 Å². The number of hydrogen-bond donors (Lipinski definition) is 1. The first kappa shape index (κ1) is 15.8. The van der Waals surface area contributed by atoms with E-state index in [4.69, 9.17) is 21.2 Å². The van der Waals surface area contributed by atoms with E-state index >= 15 is 0 Å². The Hall–Kier alpha value is -1.56. The third-order valence-electron chi connectivity index (χ3n) is 2.52. The zero-order chi connectivity index (χ0) is 15.1. The number of rotatable bonds is 6. The number of ether oxygens (including phenoxy) is 1. The second-order valence-corrected chi connectivity index (χ2v) is 5.49. The average molecular weight is 371 g/mol. The summed E-state index contributed by atoms with van der Waals surface area (Å²) in [6.07, 6.45) is 0. The van der Waals surface area contributed by atoms with Crippen molar-refractivity contribution in [1.29, 1.82) is 0 Å². The predicted molar refractivity (Wildman–Crippen MR) is 84.0 cm³/mol. The molecule has 0 fully saturated rings. The van der Waals surface area contributed by atoms with Gasteiger partial charge in [0.25, 0.3) is 5.91 Å². The lowest BCUT2D eigenvalue weighted by Gasteiger charge is -2.09. The van der Waals surface area contributed by atoms with Crippen LogP contribution in [0.5, 0.6) is 5.75 Å². The molecule has 6 heteroatoms. The summed E-state index contributed by atoms with van der Waals surface area (Å²) >= 11 is 9.27. The van der Waals surface area contributed by atoms with E-state index in [2.05, 4.69) is 21.4 Å². The van der Waals surface area contributed by atoms with Crippen LogP contribution < -0.4 is 10.2 Å². The van der Waals surface area contributed by atoms with Gasteiger partial charge in [0, 0.05) is 4.47 Å². The molecule has 21 heavy (non-hydrogen) atoms. The largest absolute Gasteiger partial charge is 0.482 e. The fourth-order valence-electron chi connectivity index (χ4n) is 1.54. The molecule has 0 aliphatic heterocycles.